The molecule has 4 rings (SSSR count). The molecule has 3 heterocycles. The number of allylic oxidation sites excluding steroid dienone is 1. The number of anilines is 1. The number of amides is 2. The van der Waals surface area contributed by atoms with Gasteiger partial charge in [-0.1, -0.05) is 17.1 Å². The first kappa shape index (κ1) is 13.6. The molecular weight excluding hydrogens is 298 g/mol. The Morgan fingerprint density at radius 2 is 2.04 bits per heavy atom. The summed E-state index contributed by atoms with van der Waals surface area (Å²) in [7, 11) is 3.48. The van der Waals surface area contributed by atoms with Crippen molar-refractivity contribution in [2.24, 2.45) is 14.1 Å². The zero-order valence-corrected chi connectivity index (χ0v) is 12.7. The number of aromatic nitrogens is 4. The molecule has 8 heteroatoms. The molecule has 2 aromatic heterocycles. The number of H-pyrrole nitrogens is 1. The molecular formula is C15H14N5O3+. The minimum Gasteiger partial charge on any atom is -0.274 e. The highest BCUT2D eigenvalue weighted by Gasteiger charge is 2.41. The van der Waals surface area contributed by atoms with Crippen LogP contribution in [0.3, 0.4) is 0 Å². The molecule has 2 amide bonds. The SMILES string of the molecule is Cn1c[n+](C)c2nc(N3C(=O)C4=C(CCC=C4)C3=O)[nH]c(=O)c21. The number of nitrogens with one attached hydrogen (secondary N) is 1. The van der Waals surface area contributed by atoms with Gasteiger partial charge in [0.05, 0.1) is 14.1 Å². The van der Waals surface area contributed by atoms with Crippen LogP contribution in [0, 0.1) is 0 Å². The number of hydrogen-bond acceptors (Lipinski definition) is 4. The van der Waals surface area contributed by atoms with Crippen molar-refractivity contribution in [3.8, 4) is 0 Å². The van der Waals surface area contributed by atoms with Gasteiger partial charge in [-0.15, -0.1) is 0 Å². The quantitative estimate of drug-likeness (QED) is 0.573. The summed E-state index contributed by atoms with van der Waals surface area (Å²) >= 11 is 0. The molecule has 0 saturated carbocycles. The lowest BCUT2D eigenvalue weighted by atomic mass is 10.00. The fourth-order valence-electron chi connectivity index (χ4n) is 3.11. The van der Waals surface area contributed by atoms with Gasteiger partial charge in [-0.05, 0) is 12.8 Å². The predicted octanol–water partition coefficient (Wildman–Crippen LogP) is -0.394. The molecule has 2 aromatic rings. The highest BCUT2D eigenvalue weighted by molar-refractivity contribution is 6.33. The van der Waals surface area contributed by atoms with E-state index in [1.165, 1.54) is 0 Å². The van der Waals surface area contributed by atoms with Crippen LogP contribution in [0.5, 0.6) is 0 Å². The standard InChI is InChI=1S/C15H13N5O3/c1-18-7-19(2)11-10(18)12(21)17-15(16-11)20-13(22)8-5-3-4-6-9(8)14(20)23/h3,5,7H,4,6H2,1-2H3/p+1. The number of imidazole rings is 1. The molecule has 0 radical (unpaired) electrons. The van der Waals surface area contributed by atoms with Crippen molar-refractivity contribution in [1.82, 2.24) is 14.5 Å². The molecule has 0 atom stereocenters. The Kier molecular flexibility index (Phi) is 2.65. The van der Waals surface area contributed by atoms with E-state index in [1.807, 2.05) is 6.08 Å². The average Bonchev–Trinajstić information content (AvgIpc) is 2.95. The van der Waals surface area contributed by atoms with E-state index in [0.29, 0.717) is 28.7 Å². The van der Waals surface area contributed by atoms with E-state index in [0.717, 1.165) is 11.3 Å². The topological polar surface area (TPSA) is 91.9 Å². The minimum atomic E-state index is -0.443. The van der Waals surface area contributed by atoms with Gasteiger partial charge in [0.2, 0.25) is 5.52 Å². The maximum Gasteiger partial charge on any atom is 0.311 e. The second-order valence-corrected chi connectivity index (χ2v) is 5.68. The van der Waals surface area contributed by atoms with Crippen molar-refractivity contribution in [3.63, 3.8) is 0 Å². The van der Waals surface area contributed by atoms with E-state index in [4.69, 9.17) is 0 Å². The first-order valence-corrected chi connectivity index (χ1v) is 7.22. The van der Waals surface area contributed by atoms with Crippen molar-refractivity contribution < 1.29 is 14.2 Å². The largest absolute Gasteiger partial charge is 0.311 e. The molecule has 0 unspecified atom stereocenters. The van der Waals surface area contributed by atoms with Crippen molar-refractivity contribution >= 4 is 28.9 Å². The molecule has 8 nitrogen and oxygen atoms in total. The number of carbonyl (C=O) groups excluding carboxylic acids is 2. The van der Waals surface area contributed by atoms with E-state index >= 15 is 0 Å². The first-order valence-electron chi connectivity index (χ1n) is 7.22. The second kappa shape index (κ2) is 4.48. The zero-order chi connectivity index (χ0) is 16.3. The molecule has 0 saturated heterocycles. The third-order valence-corrected chi connectivity index (χ3v) is 4.17. The second-order valence-electron chi connectivity index (χ2n) is 5.68. The van der Waals surface area contributed by atoms with Gasteiger partial charge >= 0.3 is 5.65 Å². The van der Waals surface area contributed by atoms with Crippen molar-refractivity contribution in [1.29, 1.82) is 0 Å². The summed E-state index contributed by atoms with van der Waals surface area (Å²) in [6, 6.07) is 0. The number of aromatic amines is 1. The smallest absolute Gasteiger partial charge is 0.274 e. The Hall–Kier alpha value is -3.03. The maximum absolute atomic E-state index is 12.5. The fraction of sp³-hybridized carbons (Fsp3) is 0.267. The number of aryl methyl sites for hydroxylation is 2. The number of fused-ring (bicyclic) bond motifs is 1. The Bertz CT molecular complexity index is 1010. The molecule has 0 aromatic carbocycles. The summed E-state index contributed by atoms with van der Waals surface area (Å²) in [5.41, 5.74) is 1.27. The molecule has 1 N–H and O–H groups in total. The maximum atomic E-state index is 12.5. The molecule has 0 bridgehead atoms. The number of imide groups is 1. The monoisotopic (exact) mass is 312 g/mol. The van der Waals surface area contributed by atoms with E-state index in [9.17, 15) is 14.4 Å². The number of nitrogens with zero attached hydrogens (tertiary/aromatic N) is 4. The zero-order valence-electron chi connectivity index (χ0n) is 12.7. The van der Waals surface area contributed by atoms with E-state index in [2.05, 4.69) is 9.97 Å². The van der Waals surface area contributed by atoms with Crippen LogP contribution in [0.15, 0.2) is 34.4 Å². The lowest BCUT2D eigenvalue weighted by Gasteiger charge is -2.10. The highest BCUT2D eigenvalue weighted by atomic mass is 16.2. The number of rotatable bonds is 1. The highest BCUT2D eigenvalue weighted by Crippen LogP contribution is 2.30. The Morgan fingerprint density at radius 3 is 2.78 bits per heavy atom. The van der Waals surface area contributed by atoms with Crippen LogP contribution in [0.25, 0.3) is 11.2 Å². The van der Waals surface area contributed by atoms with Gasteiger partial charge in [-0.2, -0.15) is 4.90 Å². The number of carbonyl (C=O) groups is 2. The van der Waals surface area contributed by atoms with Crippen LogP contribution in [-0.4, -0.2) is 26.3 Å². The molecule has 2 aliphatic rings. The summed E-state index contributed by atoms with van der Waals surface area (Å²) in [6.45, 7) is 0. The van der Waals surface area contributed by atoms with Gasteiger partial charge in [0, 0.05) is 11.1 Å². The van der Waals surface area contributed by atoms with E-state index in [1.54, 1.807) is 35.6 Å². The van der Waals surface area contributed by atoms with Crippen LogP contribution in [0.4, 0.5) is 5.95 Å². The lowest BCUT2D eigenvalue weighted by Crippen LogP contribution is -2.36. The Morgan fingerprint density at radius 1 is 1.26 bits per heavy atom. The van der Waals surface area contributed by atoms with Crippen molar-refractivity contribution in [3.05, 3.63) is 40.0 Å². The van der Waals surface area contributed by atoms with Crippen LogP contribution >= 0.6 is 0 Å². The van der Waals surface area contributed by atoms with Crippen LogP contribution in [0.2, 0.25) is 0 Å². The normalized spacial score (nSPS) is 17.6. The molecule has 23 heavy (non-hydrogen) atoms. The van der Waals surface area contributed by atoms with Crippen molar-refractivity contribution in [2.45, 2.75) is 12.8 Å². The third-order valence-electron chi connectivity index (χ3n) is 4.17. The fourth-order valence-corrected chi connectivity index (χ4v) is 3.11. The van der Waals surface area contributed by atoms with Crippen LogP contribution in [-0.2, 0) is 23.7 Å². The number of hydrogen-bond donors (Lipinski definition) is 1. The third kappa shape index (κ3) is 1.74. The van der Waals surface area contributed by atoms with Crippen molar-refractivity contribution in [2.75, 3.05) is 4.90 Å². The Balaban J connectivity index is 1.89. The summed E-state index contributed by atoms with van der Waals surface area (Å²) < 4.78 is 3.32. The summed E-state index contributed by atoms with van der Waals surface area (Å²) in [5, 5.41) is 0. The summed E-state index contributed by atoms with van der Waals surface area (Å²) in [4.78, 5) is 45.2. The molecule has 1 aliphatic heterocycles. The predicted molar refractivity (Wildman–Crippen MR) is 80.4 cm³/mol. The molecule has 0 spiro atoms. The molecule has 0 fully saturated rings. The minimum absolute atomic E-state index is 0.0397. The Labute approximate surface area is 130 Å². The van der Waals surface area contributed by atoms with Crippen LogP contribution in [0.1, 0.15) is 12.8 Å². The van der Waals surface area contributed by atoms with Gasteiger partial charge in [0.1, 0.15) is 0 Å². The van der Waals surface area contributed by atoms with E-state index < -0.39 is 17.4 Å². The van der Waals surface area contributed by atoms with Gasteiger partial charge in [0.15, 0.2) is 6.33 Å². The van der Waals surface area contributed by atoms with Gasteiger partial charge in [0.25, 0.3) is 23.3 Å². The van der Waals surface area contributed by atoms with E-state index in [-0.39, 0.29) is 5.95 Å². The first-order chi connectivity index (χ1) is 11.0. The summed E-state index contributed by atoms with van der Waals surface area (Å²) in [5.74, 6) is -0.889. The van der Waals surface area contributed by atoms with Gasteiger partial charge in [-0.25, -0.2) is 4.57 Å². The average molecular weight is 312 g/mol. The van der Waals surface area contributed by atoms with Gasteiger partial charge in [-0.3, -0.25) is 23.9 Å². The molecule has 116 valence electrons. The van der Waals surface area contributed by atoms with Crippen LogP contribution < -0.4 is 15.0 Å². The lowest BCUT2D eigenvalue weighted by molar-refractivity contribution is -0.647. The molecule has 1 aliphatic carbocycles. The summed E-state index contributed by atoms with van der Waals surface area (Å²) in [6.07, 6.45) is 6.49. The van der Waals surface area contributed by atoms with Gasteiger partial charge < -0.3 is 0 Å².